The number of carbonyl (C=O) groups is 3. The largest absolute Gasteiger partial charge is 0.405 e. The van der Waals surface area contributed by atoms with Crippen LogP contribution in [0.25, 0.3) is 0 Å². The zero-order chi connectivity index (χ0) is 24.9. The van der Waals surface area contributed by atoms with Crippen LogP contribution >= 0.6 is 0 Å². The number of Topliss-reactive ketones (excluding diaryl/α,β-unsaturated/α-hetero) is 1. The van der Waals surface area contributed by atoms with Crippen molar-refractivity contribution in [3.8, 4) is 0 Å². The van der Waals surface area contributed by atoms with E-state index in [-0.39, 0.29) is 29.1 Å². The molecule has 0 unspecified atom stereocenters. The molecule has 0 spiro atoms. The molecule has 0 aromatic heterocycles. The maximum absolute atomic E-state index is 13.2. The Kier molecular flexibility index (Phi) is 8.22. The summed E-state index contributed by atoms with van der Waals surface area (Å²) in [6, 6.07) is 3.98. The van der Waals surface area contributed by atoms with Gasteiger partial charge in [-0.05, 0) is 55.4 Å². The van der Waals surface area contributed by atoms with Crippen molar-refractivity contribution in [1.82, 2.24) is 10.6 Å². The maximum Gasteiger partial charge on any atom is 0.405 e. The standard InChI is InChI=1S/C24H32F3N3O4/c1-3-19-20(18(31)13-34-19)30-22(33)17(12-23(2)10-4-5-11-23)29-21(32)15-6-8-16(9-7-15)28-14-24(25,26)27/h6-9,17,19-20,28H,3-5,10-14H2,1-2H3,(H,29,32)(H,30,33)/t17-,19-,20+/m0/s1. The molecule has 1 aliphatic carbocycles. The van der Waals surface area contributed by atoms with E-state index >= 15 is 0 Å². The average molecular weight is 484 g/mol. The van der Waals surface area contributed by atoms with Gasteiger partial charge in [-0.1, -0.05) is 26.7 Å². The Bertz CT molecular complexity index is 882. The van der Waals surface area contributed by atoms with Crippen LogP contribution in [0.15, 0.2) is 24.3 Å². The summed E-state index contributed by atoms with van der Waals surface area (Å²) in [6.45, 7) is 2.73. The smallest absolute Gasteiger partial charge is 0.376 e. The van der Waals surface area contributed by atoms with Gasteiger partial charge in [0.15, 0.2) is 5.78 Å². The molecule has 0 radical (unpaired) electrons. The summed E-state index contributed by atoms with van der Waals surface area (Å²) >= 11 is 0. The van der Waals surface area contributed by atoms with Crippen LogP contribution in [0.3, 0.4) is 0 Å². The van der Waals surface area contributed by atoms with Gasteiger partial charge in [-0.15, -0.1) is 0 Å². The molecule has 2 fully saturated rings. The molecule has 1 heterocycles. The zero-order valence-electron chi connectivity index (χ0n) is 19.5. The maximum atomic E-state index is 13.2. The Morgan fingerprint density at radius 2 is 1.82 bits per heavy atom. The highest BCUT2D eigenvalue weighted by Crippen LogP contribution is 2.41. The fraction of sp³-hybridized carbons (Fsp3) is 0.625. The van der Waals surface area contributed by atoms with E-state index in [4.69, 9.17) is 4.74 Å². The Hall–Kier alpha value is -2.62. The molecule has 10 heteroatoms. The molecule has 7 nitrogen and oxygen atoms in total. The molecule has 3 atom stereocenters. The highest BCUT2D eigenvalue weighted by atomic mass is 19.4. The van der Waals surface area contributed by atoms with Gasteiger partial charge in [0.2, 0.25) is 5.91 Å². The molecule has 1 aromatic carbocycles. The van der Waals surface area contributed by atoms with E-state index in [9.17, 15) is 27.6 Å². The third-order valence-corrected chi connectivity index (χ3v) is 6.63. The van der Waals surface area contributed by atoms with Gasteiger partial charge in [-0.3, -0.25) is 14.4 Å². The van der Waals surface area contributed by atoms with Crippen molar-refractivity contribution in [2.24, 2.45) is 5.41 Å². The molecule has 1 aromatic rings. The van der Waals surface area contributed by atoms with E-state index in [1.165, 1.54) is 24.3 Å². The second-order valence-corrected chi connectivity index (χ2v) is 9.50. The number of hydrogen-bond acceptors (Lipinski definition) is 5. The summed E-state index contributed by atoms with van der Waals surface area (Å²) < 4.78 is 42.6. The number of halogens is 3. The minimum absolute atomic E-state index is 0.0487. The van der Waals surface area contributed by atoms with E-state index in [2.05, 4.69) is 22.9 Å². The zero-order valence-corrected chi connectivity index (χ0v) is 19.5. The van der Waals surface area contributed by atoms with Gasteiger partial charge < -0.3 is 20.7 Å². The summed E-state index contributed by atoms with van der Waals surface area (Å²) in [5.41, 5.74) is 0.340. The molecule has 188 valence electrons. The lowest BCUT2D eigenvalue weighted by Crippen LogP contribution is -2.54. The van der Waals surface area contributed by atoms with Crippen LogP contribution in [0.2, 0.25) is 0 Å². The monoisotopic (exact) mass is 483 g/mol. The lowest BCUT2D eigenvalue weighted by Gasteiger charge is -2.30. The Labute approximate surface area is 197 Å². The summed E-state index contributed by atoms with van der Waals surface area (Å²) in [4.78, 5) is 38.3. The van der Waals surface area contributed by atoms with Gasteiger partial charge in [-0.25, -0.2) is 0 Å². The number of anilines is 1. The Balaban J connectivity index is 1.69. The van der Waals surface area contributed by atoms with Crippen LogP contribution in [-0.2, 0) is 14.3 Å². The van der Waals surface area contributed by atoms with Gasteiger partial charge in [0.05, 0.1) is 6.10 Å². The number of benzene rings is 1. The van der Waals surface area contributed by atoms with Crippen molar-refractivity contribution in [2.45, 2.75) is 76.7 Å². The fourth-order valence-corrected chi connectivity index (χ4v) is 4.68. The summed E-state index contributed by atoms with van der Waals surface area (Å²) in [5, 5.41) is 7.80. The SMILES string of the molecule is CC[C@@H]1OCC(=O)[C@H]1NC(=O)[C@H](CC1(C)CCCC1)NC(=O)c1ccc(NCC(F)(F)F)cc1. The summed E-state index contributed by atoms with van der Waals surface area (Å²) in [6.07, 6.45) is 0.233. The predicted octanol–water partition coefficient (Wildman–Crippen LogP) is 3.59. The number of nitrogens with one attached hydrogen (secondary N) is 3. The second-order valence-electron chi connectivity index (χ2n) is 9.50. The van der Waals surface area contributed by atoms with Gasteiger partial charge in [0.25, 0.3) is 5.91 Å². The topological polar surface area (TPSA) is 96.5 Å². The number of ether oxygens (including phenoxy) is 1. The molecule has 1 aliphatic heterocycles. The lowest BCUT2D eigenvalue weighted by atomic mass is 9.81. The molecule has 34 heavy (non-hydrogen) atoms. The van der Waals surface area contributed by atoms with Crippen LogP contribution in [0.4, 0.5) is 18.9 Å². The van der Waals surface area contributed by atoms with Crippen molar-refractivity contribution in [3.63, 3.8) is 0 Å². The molecular weight excluding hydrogens is 451 g/mol. The van der Waals surface area contributed by atoms with E-state index < -0.39 is 42.7 Å². The van der Waals surface area contributed by atoms with Crippen molar-refractivity contribution in [3.05, 3.63) is 29.8 Å². The van der Waals surface area contributed by atoms with E-state index in [1.54, 1.807) is 0 Å². The van der Waals surface area contributed by atoms with Crippen molar-refractivity contribution in [2.75, 3.05) is 18.5 Å². The van der Waals surface area contributed by atoms with Crippen LogP contribution in [-0.4, -0.2) is 55.1 Å². The Morgan fingerprint density at radius 1 is 1.18 bits per heavy atom. The molecule has 3 rings (SSSR count). The predicted molar refractivity (Wildman–Crippen MR) is 120 cm³/mol. The van der Waals surface area contributed by atoms with Crippen LogP contribution in [0, 0.1) is 5.41 Å². The molecular formula is C24H32F3N3O4. The fourth-order valence-electron chi connectivity index (χ4n) is 4.68. The lowest BCUT2D eigenvalue weighted by molar-refractivity contribution is -0.128. The van der Waals surface area contributed by atoms with Gasteiger partial charge in [0, 0.05) is 11.3 Å². The van der Waals surface area contributed by atoms with Gasteiger partial charge in [0.1, 0.15) is 25.2 Å². The van der Waals surface area contributed by atoms with Gasteiger partial charge in [-0.2, -0.15) is 13.2 Å². The first-order valence-electron chi connectivity index (χ1n) is 11.7. The van der Waals surface area contributed by atoms with Crippen molar-refractivity contribution in [1.29, 1.82) is 0 Å². The number of alkyl halides is 3. The number of rotatable bonds is 9. The van der Waals surface area contributed by atoms with Crippen molar-refractivity contribution < 1.29 is 32.3 Å². The molecule has 2 amide bonds. The molecule has 2 aliphatic rings. The third kappa shape index (κ3) is 6.94. The van der Waals surface area contributed by atoms with E-state index in [1.807, 2.05) is 6.92 Å². The quantitative estimate of drug-likeness (QED) is 0.499. The highest BCUT2D eigenvalue weighted by Gasteiger charge is 2.40. The van der Waals surface area contributed by atoms with E-state index in [0.29, 0.717) is 12.8 Å². The molecule has 0 bridgehead atoms. The number of carbonyl (C=O) groups excluding carboxylic acids is 3. The van der Waals surface area contributed by atoms with Crippen molar-refractivity contribution >= 4 is 23.3 Å². The molecule has 1 saturated carbocycles. The first kappa shape index (κ1) is 26.0. The normalized spacial score (nSPS) is 22.9. The Morgan fingerprint density at radius 3 is 2.41 bits per heavy atom. The number of hydrogen-bond donors (Lipinski definition) is 3. The number of ketones is 1. The van der Waals surface area contributed by atoms with E-state index in [0.717, 1.165) is 25.7 Å². The summed E-state index contributed by atoms with van der Waals surface area (Å²) in [5.74, 6) is -1.14. The summed E-state index contributed by atoms with van der Waals surface area (Å²) in [7, 11) is 0. The minimum atomic E-state index is -4.35. The average Bonchev–Trinajstić information content (AvgIpc) is 3.37. The van der Waals surface area contributed by atoms with Crippen LogP contribution in [0.5, 0.6) is 0 Å². The van der Waals surface area contributed by atoms with Crippen LogP contribution < -0.4 is 16.0 Å². The second kappa shape index (κ2) is 10.8. The third-order valence-electron chi connectivity index (χ3n) is 6.63. The first-order chi connectivity index (χ1) is 16.0. The number of amides is 2. The molecule has 1 saturated heterocycles. The van der Waals surface area contributed by atoms with Crippen LogP contribution in [0.1, 0.15) is 62.7 Å². The minimum Gasteiger partial charge on any atom is -0.376 e. The van der Waals surface area contributed by atoms with Gasteiger partial charge >= 0.3 is 6.18 Å². The highest BCUT2D eigenvalue weighted by molar-refractivity contribution is 5.99. The first-order valence-corrected chi connectivity index (χ1v) is 11.7. The molecule has 3 N–H and O–H groups in total.